The first kappa shape index (κ1) is 56.6. The number of fused-ring (bicyclic) bond motifs is 4. The highest BCUT2D eigenvalue weighted by Gasteiger charge is 2.12. The van der Waals surface area contributed by atoms with Crippen LogP contribution in [0.2, 0.25) is 0 Å². The van der Waals surface area contributed by atoms with Crippen LogP contribution < -0.4 is 22.9 Å². The van der Waals surface area contributed by atoms with Gasteiger partial charge in [0.05, 0.1) is 31.0 Å². The van der Waals surface area contributed by atoms with Gasteiger partial charge in [0.1, 0.15) is 43.0 Å². The summed E-state index contributed by atoms with van der Waals surface area (Å²) in [5.74, 6) is 4.04. The van der Waals surface area contributed by atoms with Crippen LogP contribution in [0.15, 0.2) is 156 Å². The van der Waals surface area contributed by atoms with Crippen molar-refractivity contribution in [2.75, 3.05) is 34.4 Å². The van der Waals surface area contributed by atoms with Gasteiger partial charge in [0.25, 0.3) is 0 Å². The van der Waals surface area contributed by atoms with Crippen LogP contribution in [0.4, 0.5) is 28.2 Å². The number of H-pyrrole nitrogens is 4. The molecular formula is C54H55FN20S4. The van der Waals surface area contributed by atoms with E-state index in [0.29, 0.717) is 28.3 Å². The van der Waals surface area contributed by atoms with E-state index in [1.165, 1.54) is 46.1 Å². The summed E-state index contributed by atoms with van der Waals surface area (Å²) in [4.78, 5) is 61.0. The van der Waals surface area contributed by atoms with Gasteiger partial charge in [-0.25, -0.2) is 44.3 Å². The number of nitrogens with two attached hydrogens (primary N) is 4. The van der Waals surface area contributed by atoms with Crippen LogP contribution in [0, 0.1) is 19.7 Å². The van der Waals surface area contributed by atoms with Crippen molar-refractivity contribution in [3.8, 4) is 0 Å². The van der Waals surface area contributed by atoms with Gasteiger partial charge >= 0.3 is 0 Å². The monoisotopic (exact) mass is 1130 g/mol. The van der Waals surface area contributed by atoms with E-state index >= 15 is 0 Å². The summed E-state index contributed by atoms with van der Waals surface area (Å²) >= 11 is 8.93. The van der Waals surface area contributed by atoms with E-state index in [2.05, 4.69) is 172 Å². The normalized spacial score (nSPS) is 10.9. The van der Waals surface area contributed by atoms with Crippen LogP contribution in [0.5, 0.6) is 0 Å². The molecule has 0 aliphatic rings. The molecule has 8 aromatic heterocycles. The van der Waals surface area contributed by atoms with Crippen molar-refractivity contribution in [1.29, 1.82) is 0 Å². The molecule has 402 valence electrons. The SMILES string of the molecule is Cc1ccc(CS)cc1.Cc1nc(N)nc2nc[nH]c12.Nc1nc(SC/C=C/c2ccccc2)c2[nH]cnc2n1.Nc1nc(SCCCc2ccccc2)c2[nH]cnc2n1.Nc1nc(SCc2ccc(F)cc2)c2[nH]cnc2n1. The molecule has 12 aromatic rings. The van der Waals surface area contributed by atoms with E-state index in [1.54, 1.807) is 61.0 Å². The van der Waals surface area contributed by atoms with E-state index in [0.717, 1.165) is 78.5 Å². The zero-order valence-corrected chi connectivity index (χ0v) is 46.2. The Labute approximate surface area is 471 Å². The summed E-state index contributed by atoms with van der Waals surface area (Å²) in [5.41, 5.74) is 35.1. The number of thiol groups is 1. The Kier molecular flexibility index (Phi) is 20.5. The molecule has 0 saturated carbocycles. The van der Waals surface area contributed by atoms with Gasteiger partial charge in [-0.2, -0.15) is 32.6 Å². The summed E-state index contributed by atoms with van der Waals surface area (Å²) in [6.07, 6.45) is 12.7. The first-order valence-corrected chi connectivity index (χ1v) is 27.9. The van der Waals surface area contributed by atoms with Crippen LogP contribution in [0.25, 0.3) is 50.7 Å². The number of hydrogen-bond acceptors (Lipinski definition) is 20. The largest absolute Gasteiger partial charge is 0.368 e. The van der Waals surface area contributed by atoms with Gasteiger partial charge in [0, 0.05) is 17.3 Å². The molecule has 25 heteroatoms. The first-order valence-electron chi connectivity index (χ1n) is 24.4. The molecule has 0 atom stereocenters. The van der Waals surface area contributed by atoms with Crippen molar-refractivity contribution < 1.29 is 4.39 Å². The van der Waals surface area contributed by atoms with Gasteiger partial charge < -0.3 is 42.9 Å². The Morgan fingerprint density at radius 3 is 1.48 bits per heavy atom. The van der Waals surface area contributed by atoms with E-state index in [9.17, 15) is 4.39 Å². The number of nitrogen functional groups attached to an aromatic ring is 4. The average Bonchev–Trinajstić information content (AvgIpc) is 4.32. The van der Waals surface area contributed by atoms with Crippen LogP contribution in [0.1, 0.15) is 39.9 Å². The molecule has 0 amide bonds. The third-order valence-corrected chi connectivity index (χ3v) is 14.4. The topological polar surface area (TPSA) is 322 Å². The summed E-state index contributed by atoms with van der Waals surface area (Å²) in [7, 11) is 0. The number of anilines is 4. The van der Waals surface area contributed by atoms with Crippen LogP contribution >= 0.6 is 47.9 Å². The van der Waals surface area contributed by atoms with E-state index in [4.69, 9.17) is 22.9 Å². The fourth-order valence-corrected chi connectivity index (χ4v) is 10.1. The Morgan fingerprint density at radius 2 is 0.949 bits per heavy atom. The molecule has 0 radical (unpaired) electrons. The minimum Gasteiger partial charge on any atom is -0.368 e. The fourth-order valence-electron chi connectivity index (χ4n) is 7.17. The summed E-state index contributed by atoms with van der Waals surface area (Å²) in [5, 5.41) is 2.44. The summed E-state index contributed by atoms with van der Waals surface area (Å²) in [6, 6.07) is 35.4. The second kappa shape index (κ2) is 28.6. The number of aryl methyl sites for hydroxylation is 3. The number of nitrogens with one attached hydrogen (secondary N) is 4. The van der Waals surface area contributed by atoms with Crippen molar-refractivity contribution in [2.45, 2.75) is 53.3 Å². The lowest BCUT2D eigenvalue weighted by Gasteiger charge is -2.03. The lowest BCUT2D eigenvalue weighted by Crippen LogP contribution is -1.97. The lowest BCUT2D eigenvalue weighted by atomic mass is 10.1. The molecule has 0 fully saturated rings. The predicted octanol–water partition coefficient (Wildman–Crippen LogP) is 10.4. The molecule has 20 nitrogen and oxygen atoms in total. The van der Waals surface area contributed by atoms with E-state index in [1.807, 2.05) is 31.2 Å². The Balaban J connectivity index is 0.000000134. The van der Waals surface area contributed by atoms with Crippen molar-refractivity contribution in [3.05, 3.63) is 180 Å². The van der Waals surface area contributed by atoms with Crippen molar-refractivity contribution in [3.63, 3.8) is 0 Å². The second-order valence-electron chi connectivity index (χ2n) is 16.9. The first-order chi connectivity index (χ1) is 38.5. The third-order valence-electron chi connectivity index (χ3n) is 11.0. The standard InChI is InChI=1S/C14H15N5S.C14H13N5S.C12H10FN5S.C8H10S.C6H7N5/c2*15-14-18-12-11(16-9-17-12)13(19-14)20-8-4-7-10-5-2-1-3-6-10;13-8-3-1-7(2-4-8)5-19-11-9-10(16-6-15-9)17-12(14)18-11;1-7-2-4-8(6-9)5-3-7;1-3-4-5(9-2-8-4)11-6(7)10-3/h1-3,5-6,9H,4,7-8H2,(H3,15,16,17,18,19);1-7,9H,8H2,(H3,15,16,17,18,19);1-4,6H,5H2,(H3,14,15,16,17,18);2-5,9H,6H2,1H3;2H,1H3,(H3,7,8,9,10,11)/b;7-4+;;;. The highest BCUT2D eigenvalue weighted by molar-refractivity contribution is 7.99. The maximum atomic E-state index is 12.8. The van der Waals surface area contributed by atoms with E-state index < -0.39 is 0 Å². The van der Waals surface area contributed by atoms with Crippen LogP contribution in [-0.4, -0.2) is 91.2 Å². The molecule has 79 heavy (non-hydrogen) atoms. The zero-order valence-electron chi connectivity index (χ0n) is 42.8. The van der Waals surface area contributed by atoms with Gasteiger partial charge in [-0.1, -0.05) is 138 Å². The molecule has 0 aliphatic carbocycles. The lowest BCUT2D eigenvalue weighted by molar-refractivity contribution is 0.627. The second-order valence-corrected chi connectivity index (χ2v) is 20.2. The molecule has 12 N–H and O–H groups in total. The van der Waals surface area contributed by atoms with Crippen molar-refractivity contribution >= 4 is 122 Å². The number of rotatable bonds is 13. The Hall–Kier alpha value is -8.65. The Morgan fingerprint density at radius 1 is 0.494 bits per heavy atom. The van der Waals surface area contributed by atoms with Crippen LogP contribution in [0.3, 0.4) is 0 Å². The smallest absolute Gasteiger partial charge is 0.223 e. The van der Waals surface area contributed by atoms with E-state index in [-0.39, 0.29) is 29.6 Å². The fraction of sp³-hybridized carbons (Fsp3) is 0.148. The molecule has 0 unspecified atom stereocenters. The quantitative estimate of drug-likeness (QED) is 0.0224. The number of hydrogen-bond donors (Lipinski definition) is 9. The minimum absolute atomic E-state index is 0.196. The third kappa shape index (κ3) is 16.9. The number of aromatic nitrogens is 16. The number of halogens is 1. The molecule has 8 heterocycles. The maximum absolute atomic E-state index is 12.8. The molecular weight excluding hydrogens is 1080 g/mol. The highest BCUT2D eigenvalue weighted by Crippen LogP contribution is 2.28. The van der Waals surface area contributed by atoms with Gasteiger partial charge in [-0.15, -0.1) is 11.8 Å². The number of benzene rings is 4. The molecule has 0 aliphatic heterocycles. The minimum atomic E-state index is -0.240. The number of imidazole rings is 4. The molecule has 4 aromatic carbocycles. The molecule has 0 saturated heterocycles. The van der Waals surface area contributed by atoms with Gasteiger partial charge in [-0.05, 0) is 66.8 Å². The predicted molar refractivity (Wildman–Crippen MR) is 321 cm³/mol. The van der Waals surface area contributed by atoms with Gasteiger partial charge in [0.15, 0.2) is 22.6 Å². The van der Waals surface area contributed by atoms with Gasteiger partial charge in [0.2, 0.25) is 23.8 Å². The number of nitrogens with zero attached hydrogens (tertiary/aromatic N) is 12. The summed E-state index contributed by atoms with van der Waals surface area (Å²) < 4.78 is 12.8. The van der Waals surface area contributed by atoms with Crippen LogP contribution in [-0.2, 0) is 17.9 Å². The Bertz CT molecular complexity index is 3840. The van der Waals surface area contributed by atoms with Gasteiger partial charge in [-0.3, -0.25) is 0 Å². The average molecular weight is 1130 g/mol. The molecule has 12 rings (SSSR count). The zero-order chi connectivity index (χ0) is 55.3. The summed E-state index contributed by atoms with van der Waals surface area (Å²) in [6.45, 7) is 3.95. The molecule has 0 bridgehead atoms. The maximum Gasteiger partial charge on any atom is 0.223 e. The van der Waals surface area contributed by atoms with Crippen molar-refractivity contribution in [1.82, 2.24) is 79.7 Å². The van der Waals surface area contributed by atoms with Crippen molar-refractivity contribution in [2.24, 2.45) is 0 Å². The highest BCUT2D eigenvalue weighted by atomic mass is 32.2. The molecule has 0 spiro atoms. The number of thioether (sulfide) groups is 3. The number of aromatic amines is 4.